The number of benzene rings is 2. The molecule has 2 aromatic carbocycles. The fraction of sp³-hybridized carbons (Fsp3) is 0.263. The molecule has 1 amide bonds. The first-order chi connectivity index (χ1) is 11.7. The van der Waals surface area contributed by atoms with Crippen molar-refractivity contribution in [3.05, 3.63) is 65.7 Å². The minimum atomic E-state index is -0.687. The number of amides is 1. The number of nitrogens with zero attached hydrogens (tertiary/aromatic N) is 1. The number of carbonyl (C=O) groups is 1. The monoisotopic (exact) mass is 326 g/mol. The Balaban J connectivity index is 1.91. The molecule has 126 valence electrons. The zero-order valence-electron chi connectivity index (χ0n) is 13.9. The average molecular weight is 326 g/mol. The minimum absolute atomic E-state index is 0.317. The van der Waals surface area contributed by atoms with Gasteiger partial charge in [0.1, 0.15) is 5.75 Å². The average Bonchev–Trinajstić information content (AvgIpc) is 2.62. The van der Waals surface area contributed by atoms with E-state index in [4.69, 9.17) is 9.47 Å². The van der Waals surface area contributed by atoms with Crippen molar-refractivity contribution in [1.82, 2.24) is 5.43 Å². The van der Waals surface area contributed by atoms with Gasteiger partial charge in [-0.05, 0) is 41.8 Å². The Morgan fingerprint density at radius 1 is 1.17 bits per heavy atom. The van der Waals surface area contributed by atoms with Gasteiger partial charge >= 0.3 is 0 Å². The van der Waals surface area contributed by atoms with Gasteiger partial charge in [-0.1, -0.05) is 37.3 Å². The lowest BCUT2D eigenvalue weighted by molar-refractivity contribution is -0.131. The van der Waals surface area contributed by atoms with Gasteiger partial charge in [-0.15, -0.1) is 0 Å². The van der Waals surface area contributed by atoms with Crippen molar-refractivity contribution in [3.63, 3.8) is 0 Å². The molecule has 5 nitrogen and oxygen atoms in total. The summed E-state index contributed by atoms with van der Waals surface area (Å²) in [5.41, 5.74) is 4.15. The van der Waals surface area contributed by atoms with Gasteiger partial charge in [0.15, 0.2) is 6.10 Å². The van der Waals surface area contributed by atoms with Crippen LogP contribution >= 0.6 is 0 Å². The molecular weight excluding hydrogens is 304 g/mol. The van der Waals surface area contributed by atoms with Crippen molar-refractivity contribution in [1.29, 1.82) is 0 Å². The van der Waals surface area contributed by atoms with E-state index in [1.54, 1.807) is 6.21 Å². The fourth-order valence-corrected chi connectivity index (χ4v) is 2.12. The van der Waals surface area contributed by atoms with Crippen LogP contribution in [0, 0.1) is 0 Å². The maximum atomic E-state index is 12.2. The quantitative estimate of drug-likeness (QED) is 0.598. The van der Waals surface area contributed by atoms with E-state index in [1.165, 1.54) is 7.11 Å². The number of hydrogen-bond donors (Lipinski definition) is 1. The second-order valence-electron chi connectivity index (χ2n) is 5.18. The number of carbonyl (C=O) groups excluding carboxylic acids is 1. The van der Waals surface area contributed by atoms with Crippen molar-refractivity contribution in [2.75, 3.05) is 13.7 Å². The Bertz CT molecular complexity index is 654. The van der Waals surface area contributed by atoms with E-state index < -0.39 is 6.10 Å². The molecule has 0 aliphatic heterocycles. The van der Waals surface area contributed by atoms with Crippen molar-refractivity contribution in [3.8, 4) is 5.75 Å². The van der Waals surface area contributed by atoms with Gasteiger partial charge in [0.2, 0.25) is 0 Å². The summed E-state index contributed by atoms with van der Waals surface area (Å²) in [5, 5.41) is 3.98. The summed E-state index contributed by atoms with van der Waals surface area (Å²) in [6, 6.07) is 16.8. The van der Waals surface area contributed by atoms with Crippen molar-refractivity contribution in [2.24, 2.45) is 5.10 Å². The summed E-state index contributed by atoms with van der Waals surface area (Å²) in [6.07, 6.45) is 1.87. The van der Waals surface area contributed by atoms with E-state index in [-0.39, 0.29) is 5.91 Å². The van der Waals surface area contributed by atoms with E-state index >= 15 is 0 Å². The summed E-state index contributed by atoms with van der Waals surface area (Å²) >= 11 is 0. The topological polar surface area (TPSA) is 59.9 Å². The maximum Gasteiger partial charge on any atom is 0.273 e. The number of hydrogen-bond acceptors (Lipinski definition) is 4. The molecule has 1 atom stereocenters. The van der Waals surface area contributed by atoms with Crippen LogP contribution < -0.4 is 10.2 Å². The molecule has 0 unspecified atom stereocenters. The molecule has 0 saturated heterocycles. The minimum Gasteiger partial charge on any atom is -0.494 e. The van der Waals surface area contributed by atoms with E-state index in [0.29, 0.717) is 6.61 Å². The molecule has 0 bridgehead atoms. The number of hydrazone groups is 1. The van der Waals surface area contributed by atoms with Crippen LogP contribution in [0.4, 0.5) is 0 Å². The highest BCUT2D eigenvalue weighted by molar-refractivity contribution is 5.85. The smallest absolute Gasteiger partial charge is 0.273 e. The van der Waals surface area contributed by atoms with Crippen molar-refractivity contribution in [2.45, 2.75) is 19.4 Å². The molecule has 2 rings (SSSR count). The van der Waals surface area contributed by atoms with Crippen LogP contribution in [-0.4, -0.2) is 25.8 Å². The van der Waals surface area contributed by atoms with Gasteiger partial charge in [0.05, 0.1) is 12.8 Å². The molecular formula is C19H22N2O3. The van der Waals surface area contributed by atoms with E-state index in [1.807, 2.05) is 54.6 Å². The molecule has 0 spiro atoms. The third-order valence-electron chi connectivity index (χ3n) is 3.32. The molecule has 5 heteroatoms. The molecule has 24 heavy (non-hydrogen) atoms. The second kappa shape index (κ2) is 9.47. The van der Waals surface area contributed by atoms with Crippen molar-refractivity contribution >= 4 is 12.1 Å². The zero-order valence-corrected chi connectivity index (χ0v) is 13.9. The lowest BCUT2D eigenvalue weighted by atomic mass is 10.1. The van der Waals surface area contributed by atoms with E-state index in [2.05, 4.69) is 17.5 Å². The molecule has 0 aromatic heterocycles. The molecule has 0 saturated carbocycles. The first-order valence-corrected chi connectivity index (χ1v) is 7.88. The van der Waals surface area contributed by atoms with Gasteiger partial charge in [-0.25, -0.2) is 5.43 Å². The first kappa shape index (κ1) is 17.7. The highest BCUT2D eigenvalue weighted by Gasteiger charge is 2.18. The van der Waals surface area contributed by atoms with Gasteiger partial charge in [-0.2, -0.15) is 5.10 Å². The summed E-state index contributed by atoms with van der Waals surface area (Å²) < 4.78 is 10.8. The van der Waals surface area contributed by atoms with Crippen LogP contribution in [0.25, 0.3) is 0 Å². The number of methoxy groups -OCH3 is 1. The lowest BCUT2D eigenvalue weighted by Crippen LogP contribution is -2.26. The van der Waals surface area contributed by atoms with Gasteiger partial charge in [0, 0.05) is 7.11 Å². The van der Waals surface area contributed by atoms with E-state index in [0.717, 1.165) is 23.3 Å². The number of ether oxygens (including phenoxy) is 2. The van der Waals surface area contributed by atoms with Crippen molar-refractivity contribution < 1.29 is 14.3 Å². The Kier molecular flexibility index (Phi) is 6.98. The Hall–Kier alpha value is -2.66. The van der Waals surface area contributed by atoms with Crippen LogP contribution in [0.2, 0.25) is 0 Å². The highest BCUT2D eigenvalue weighted by Crippen LogP contribution is 2.16. The lowest BCUT2D eigenvalue weighted by Gasteiger charge is -2.13. The zero-order chi connectivity index (χ0) is 17.2. The normalized spacial score (nSPS) is 12.1. The Morgan fingerprint density at radius 2 is 1.88 bits per heavy atom. The number of nitrogens with one attached hydrogen (secondary N) is 1. The molecule has 2 aromatic rings. The Labute approximate surface area is 142 Å². The summed E-state index contributed by atoms with van der Waals surface area (Å²) in [6.45, 7) is 2.76. The predicted molar refractivity (Wildman–Crippen MR) is 94.2 cm³/mol. The molecule has 0 aliphatic carbocycles. The van der Waals surface area contributed by atoms with Crippen LogP contribution in [-0.2, 0) is 9.53 Å². The van der Waals surface area contributed by atoms with Gasteiger partial charge < -0.3 is 9.47 Å². The molecule has 1 N–H and O–H groups in total. The highest BCUT2D eigenvalue weighted by atomic mass is 16.5. The third kappa shape index (κ3) is 5.21. The van der Waals surface area contributed by atoms with Gasteiger partial charge in [0.25, 0.3) is 5.91 Å². The summed E-state index contributed by atoms with van der Waals surface area (Å²) in [7, 11) is 1.50. The molecule has 0 radical (unpaired) electrons. The van der Waals surface area contributed by atoms with E-state index in [9.17, 15) is 4.79 Å². The third-order valence-corrected chi connectivity index (χ3v) is 3.32. The van der Waals surface area contributed by atoms with Crippen LogP contribution in [0.3, 0.4) is 0 Å². The summed E-state index contributed by atoms with van der Waals surface area (Å²) in [5.74, 6) is 0.504. The Morgan fingerprint density at radius 3 is 2.50 bits per heavy atom. The predicted octanol–water partition coefficient (Wildman–Crippen LogP) is 3.31. The molecule has 0 aliphatic rings. The first-order valence-electron chi connectivity index (χ1n) is 7.88. The molecule has 0 heterocycles. The number of rotatable bonds is 8. The van der Waals surface area contributed by atoms with Crippen LogP contribution in [0.1, 0.15) is 30.6 Å². The van der Waals surface area contributed by atoms with Crippen LogP contribution in [0.15, 0.2) is 59.7 Å². The summed E-state index contributed by atoms with van der Waals surface area (Å²) in [4.78, 5) is 12.2. The standard InChI is InChI=1S/C19H22N2O3/c1-3-13-24-17-11-9-15(10-12-17)14-20-21-19(22)18(23-2)16-7-5-4-6-8-16/h4-12,14,18H,3,13H2,1-2H3,(H,21,22)/b20-14-/t18-/m0/s1. The maximum absolute atomic E-state index is 12.2. The molecule has 0 fully saturated rings. The van der Waals surface area contributed by atoms with Crippen LogP contribution in [0.5, 0.6) is 5.75 Å². The largest absolute Gasteiger partial charge is 0.494 e. The SMILES string of the molecule is CCCOc1ccc(/C=N\NC(=O)[C@@H](OC)c2ccccc2)cc1. The fourth-order valence-electron chi connectivity index (χ4n) is 2.12. The van der Waals surface area contributed by atoms with Gasteiger partial charge in [-0.3, -0.25) is 4.79 Å². The second-order valence-corrected chi connectivity index (χ2v) is 5.18.